The van der Waals surface area contributed by atoms with Gasteiger partial charge in [0.15, 0.2) is 0 Å². The summed E-state index contributed by atoms with van der Waals surface area (Å²) >= 11 is 5.82. The summed E-state index contributed by atoms with van der Waals surface area (Å²) in [7, 11) is 1.79. The summed E-state index contributed by atoms with van der Waals surface area (Å²) in [6.45, 7) is 1.96. The van der Waals surface area contributed by atoms with Crippen LogP contribution in [0.2, 0.25) is 5.02 Å². The number of aryl methyl sites for hydroxylation is 1. The summed E-state index contributed by atoms with van der Waals surface area (Å²) in [4.78, 5) is 4.14. The molecule has 1 atom stereocenters. The van der Waals surface area contributed by atoms with Crippen LogP contribution in [0.5, 0.6) is 0 Å². The largest absolute Gasteiger partial charge is 0.309 e. The van der Waals surface area contributed by atoms with Gasteiger partial charge in [-0.15, -0.1) is 0 Å². The highest BCUT2D eigenvalue weighted by atomic mass is 35.5. The van der Waals surface area contributed by atoms with Gasteiger partial charge in [-0.05, 0) is 31.2 Å². The maximum atomic E-state index is 14.0. The molecule has 1 aromatic heterocycles. The third-order valence-corrected chi connectivity index (χ3v) is 3.10. The molecule has 1 heterocycles. The molecule has 0 bridgehead atoms. The first-order valence-corrected chi connectivity index (χ1v) is 6.04. The molecule has 18 heavy (non-hydrogen) atoms. The van der Waals surface area contributed by atoms with E-state index >= 15 is 0 Å². The standard InChI is InChI=1S/C14H14ClFN2/c1-9-6-10(8-18-7-9)14(17-2)11-4-3-5-12(15)13(11)16/h3-8,14,17H,1-2H3. The lowest BCUT2D eigenvalue weighted by atomic mass is 9.99. The normalized spacial score (nSPS) is 12.4. The SMILES string of the molecule is CNC(c1cncc(C)c1)c1cccc(Cl)c1F. The van der Waals surface area contributed by atoms with E-state index < -0.39 is 0 Å². The van der Waals surface area contributed by atoms with E-state index in [4.69, 9.17) is 11.6 Å². The van der Waals surface area contributed by atoms with Gasteiger partial charge in [0.1, 0.15) is 5.82 Å². The van der Waals surface area contributed by atoms with Gasteiger partial charge in [0.2, 0.25) is 0 Å². The van der Waals surface area contributed by atoms with E-state index in [2.05, 4.69) is 10.3 Å². The molecule has 0 saturated carbocycles. The van der Waals surface area contributed by atoms with Gasteiger partial charge in [-0.25, -0.2) is 4.39 Å². The van der Waals surface area contributed by atoms with E-state index in [1.54, 1.807) is 37.6 Å². The Labute approximate surface area is 111 Å². The molecule has 0 aliphatic heterocycles. The van der Waals surface area contributed by atoms with Gasteiger partial charge in [0, 0.05) is 18.0 Å². The van der Waals surface area contributed by atoms with Gasteiger partial charge < -0.3 is 5.32 Å². The van der Waals surface area contributed by atoms with Crippen LogP contribution in [-0.2, 0) is 0 Å². The van der Waals surface area contributed by atoms with Crippen molar-refractivity contribution in [2.24, 2.45) is 0 Å². The second-order valence-electron chi connectivity index (χ2n) is 4.16. The Hall–Kier alpha value is -1.45. The molecule has 0 aliphatic carbocycles. The lowest BCUT2D eigenvalue weighted by Gasteiger charge is -2.18. The monoisotopic (exact) mass is 264 g/mol. The van der Waals surface area contributed by atoms with E-state index in [1.165, 1.54) is 0 Å². The van der Waals surface area contributed by atoms with Crippen molar-refractivity contribution in [2.75, 3.05) is 7.05 Å². The summed E-state index contributed by atoms with van der Waals surface area (Å²) < 4.78 is 14.0. The summed E-state index contributed by atoms with van der Waals surface area (Å²) in [5.74, 6) is -0.389. The molecule has 0 amide bonds. The van der Waals surface area contributed by atoms with Crippen molar-refractivity contribution in [3.63, 3.8) is 0 Å². The van der Waals surface area contributed by atoms with Gasteiger partial charge in [-0.1, -0.05) is 29.8 Å². The van der Waals surface area contributed by atoms with Crippen molar-refractivity contribution in [1.82, 2.24) is 10.3 Å². The highest BCUT2D eigenvalue weighted by Gasteiger charge is 2.18. The predicted molar refractivity (Wildman–Crippen MR) is 71.3 cm³/mol. The molecule has 94 valence electrons. The van der Waals surface area contributed by atoms with Gasteiger partial charge >= 0.3 is 0 Å². The molecule has 4 heteroatoms. The van der Waals surface area contributed by atoms with Gasteiger partial charge in [-0.3, -0.25) is 4.98 Å². The average Bonchev–Trinajstić information content (AvgIpc) is 2.35. The Bertz CT molecular complexity index is 557. The number of halogens is 2. The van der Waals surface area contributed by atoms with Crippen molar-refractivity contribution >= 4 is 11.6 Å². The number of aromatic nitrogens is 1. The number of benzene rings is 1. The number of hydrogen-bond acceptors (Lipinski definition) is 2. The first-order chi connectivity index (χ1) is 8.63. The first kappa shape index (κ1) is 13.0. The number of rotatable bonds is 3. The van der Waals surface area contributed by atoms with Crippen LogP contribution in [0.1, 0.15) is 22.7 Å². The number of nitrogens with zero attached hydrogens (tertiary/aromatic N) is 1. The minimum atomic E-state index is -0.389. The van der Waals surface area contributed by atoms with Crippen LogP contribution in [0.15, 0.2) is 36.7 Å². The Balaban J connectivity index is 2.49. The molecule has 0 aliphatic rings. The van der Waals surface area contributed by atoms with Crippen molar-refractivity contribution < 1.29 is 4.39 Å². The van der Waals surface area contributed by atoms with E-state index in [9.17, 15) is 4.39 Å². The van der Waals surface area contributed by atoms with Crippen LogP contribution < -0.4 is 5.32 Å². The quantitative estimate of drug-likeness (QED) is 0.918. The summed E-state index contributed by atoms with van der Waals surface area (Å²) in [5.41, 5.74) is 2.48. The van der Waals surface area contributed by atoms with E-state index in [-0.39, 0.29) is 16.9 Å². The molecule has 1 N–H and O–H groups in total. The summed E-state index contributed by atoms with van der Waals surface area (Å²) in [5, 5.41) is 3.22. The molecular weight excluding hydrogens is 251 g/mol. The Morgan fingerprint density at radius 1 is 1.33 bits per heavy atom. The summed E-state index contributed by atoms with van der Waals surface area (Å²) in [6, 6.07) is 6.74. The lowest BCUT2D eigenvalue weighted by molar-refractivity contribution is 0.576. The highest BCUT2D eigenvalue weighted by molar-refractivity contribution is 6.30. The second-order valence-corrected chi connectivity index (χ2v) is 4.57. The third-order valence-electron chi connectivity index (χ3n) is 2.81. The minimum absolute atomic E-state index is 0.133. The molecule has 0 fully saturated rings. The maximum absolute atomic E-state index is 14.0. The fourth-order valence-electron chi connectivity index (χ4n) is 1.98. The van der Waals surface area contributed by atoms with Crippen LogP contribution in [0.25, 0.3) is 0 Å². The van der Waals surface area contributed by atoms with E-state index in [1.807, 2.05) is 13.0 Å². The molecule has 0 radical (unpaired) electrons. The molecule has 1 unspecified atom stereocenters. The molecule has 2 aromatic rings. The van der Waals surface area contributed by atoms with Crippen molar-refractivity contribution in [3.05, 3.63) is 64.2 Å². The smallest absolute Gasteiger partial charge is 0.146 e. The first-order valence-electron chi connectivity index (χ1n) is 5.66. The predicted octanol–water partition coefficient (Wildman–Crippen LogP) is 3.49. The topological polar surface area (TPSA) is 24.9 Å². The van der Waals surface area contributed by atoms with Crippen molar-refractivity contribution in [1.29, 1.82) is 0 Å². The van der Waals surface area contributed by atoms with Crippen molar-refractivity contribution in [2.45, 2.75) is 13.0 Å². The second kappa shape index (κ2) is 5.46. The highest BCUT2D eigenvalue weighted by Crippen LogP contribution is 2.27. The molecule has 0 spiro atoms. The van der Waals surface area contributed by atoms with Gasteiger partial charge in [0.25, 0.3) is 0 Å². The fourth-order valence-corrected chi connectivity index (χ4v) is 2.16. The lowest BCUT2D eigenvalue weighted by Crippen LogP contribution is -2.19. The van der Waals surface area contributed by atoms with E-state index in [0.29, 0.717) is 5.56 Å². The van der Waals surface area contributed by atoms with Gasteiger partial charge in [-0.2, -0.15) is 0 Å². The molecular formula is C14H14ClFN2. The zero-order valence-electron chi connectivity index (χ0n) is 10.2. The molecule has 2 rings (SSSR count). The third kappa shape index (κ3) is 2.52. The zero-order chi connectivity index (χ0) is 13.1. The molecule has 0 saturated heterocycles. The van der Waals surface area contributed by atoms with Gasteiger partial charge in [0.05, 0.1) is 11.1 Å². The number of hydrogen-bond donors (Lipinski definition) is 1. The number of pyridine rings is 1. The summed E-state index contributed by atoms with van der Waals surface area (Å²) in [6.07, 6.45) is 3.50. The molecule has 1 aromatic carbocycles. The number of nitrogens with one attached hydrogen (secondary N) is 1. The van der Waals surface area contributed by atoms with E-state index in [0.717, 1.165) is 11.1 Å². The average molecular weight is 265 g/mol. The maximum Gasteiger partial charge on any atom is 0.146 e. The minimum Gasteiger partial charge on any atom is -0.309 e. The van der Waals surface area contributed by atoms with Crippen LogP contribution in [0.3, 0.4) is 0 Å². The zero-order valence-corrected chi connectivity index (χ0v) is 11.0. The fraction of sp³-hybridized carbons (Fsp3) is 0.214. The van der Waals surface area contributed by atoms with Crippen LogP contribution in [0.4, 0.5) is 4.39 Å². The molecule has 2 nitrogen and oxygen atoms in total. The van der Waals surface area contributed by atoms with Crippen molar-refractivity contribution in [3.8, 4) is 0 Å². The Morgan fingerprint density at radius 2 is 2.11 bits per heavy atom. The van der Waals surface area contributed by atoms with Crippen LogP contribution in [-0.4, -0.2) is 12.0 Å². The Morgan fingerprint density at radius 3 is 2.78 bits per heavy atom. The van der Waals surface area contributed by atoms with Crippen LogP contribution >= 0.6 is 11.6 Å². The Kier molecular flexibility index (Phi) is 3.94. The van der Waals surface area contributed by atoms with Crippen LogP contribution in [0, 0.1) is 12.7 Å².